The van der Waals surface area contributed by atoms with Crippen LogP contribution in [0.2, 0.25) is 0 Å². The molecule has 0 aliphatic carbocycles. The summed E-state index contributed by atoms with van der Waals surface area (Å²) >= 11 is 0. The van der Waals surface area contributed by atoms with Crippen LogP contribution >= 0.6 is 0 Å². The minimum absolute atomic E-state index is 0.159. The van der Waals surface area contributed by atoms with Crippen LogP contribution in [0.5, 0.6) is 0 Å². The minimum Gasteiger partial charge on any atom is -0.382 e. The molecule has 0 bridgehead atoms. The van der Waals surface area contributed by atoms with Crippen molar-refractivity contribution in [1.82, 2.24) is 0 Å². The van der Waals surface area contributed by atoms with Crippen LogP contribution in [-0.2, 0) is 4.74 Å². The SMILES string of the molecule is CCN(c1cccc2ccccc12)C(CC)(CN)COC. The van der Waals surface area contributed by atoms with Crippen LogP contribution < -0.4 is 10.6 Å². The quantitative estimate of drug-likeness (QED) is 0.847. The third-order valence-corrected chi connectivity index (χ3v) is 4.40. The van der Waals surface area contributed by atoms with Crippen molar-refractivity contribution in [1.29, 1.82) is 0 Å². The molecule has 0 aliphatic heterocycles. The van der Waals surface area contributed by atoms with Crippen LogP contribution in [-0.4, -0.2) is 32.3 Å². The maximum Gasteiger partial charge on any atom is 0.0754 e. The molecule has 2 aromatic carbocycles. The van der Waals surface area contributed by atoms with Crippen LogP contribution in [0.4, 0.5) is 5.69 Å². The Kier molecular flexibility index (Phi) is 5.21. The van der Waals surface area contributed by atoms with Crippen molar-refractivity contribution >= 4 is 16.5 Å². The molecule has 1 atom stereocenters. The van der Waals surface area contributed by atoms with Gasteiger partial charge < -0.3 is 15.4 Å². The van der Waals surface area contributed by atoms with Crippen molar-refractivity contribution in [2.75, 3.05) is 31.7 Å². The second kappa shape index (κ2) is 6.92. The lowest BCUT2D eigenvalue weighted by atomic mass is 9.92. The Balaban J connectivity index is 2.57. The summed E-state index contributed by atoms with van der Waals surface area (Å²) in [4.78, 5) is 2.40. The second-order valence-electron chi connectivity index (χ2n) is 5.46. The lowest BCUT2D eigenvalue weighted by Crippen LogP contribution is -2.57. The van der Waals surface area contributed by atoms with Gasteiger partial charge in [0, 0.05) is 31.3 Å². The van der Waals surface area contributed by atoms with E-state index in [4.69, 9.17) is 10.5 Å². The molecular weight excluding hydrogens is 260 g/mol. The van der Waals surface area contributed by atoms with Gasteiger partial charge in [-0.2, -0.15) is 0 Å². The summed E-state index contributed by atoms with van der Waals surface area (Å²) in [7, 11) is 1.75. The molecule has 0 aliphatic rings. The van der Waals surface area contributed by atoms with Crippen molar-refractivity contribution in [2.45, 2.75) is 25.8 Å². The number of likely N-dealkylation sites (N-methyl/N-ethyl adjacent to an activating group) is 1. The van der Waals surface area contributed by atoms with E-state index in [0.717, 1.165) is 13.0 Å². The molecule has 0 spiro atoms. The number of nitrogens with zero attached hydrogens (tertiary/aromatic N) is 1. The summed E-state index contributed by atoms with van der Waals surface area (Å²) in [6, 6.07) is 14.9. The maximum absolute atomic E-state index is 6.14. The third kappa shape index (κ3) is 2.89. The largest absolute Gasteiger partial charge is 0.382 e. The van der Waals surface area contributed by atoms with Crippen molar-refractivity contribution in [3.8, 4) is 0 Å². The molecule has 3 nitrogen and oxygen atoms in total. The first-order chi connectivity index (χ1) is 10.2. The molecule has 0 amide bonds. The molecule has 0 heterocycles. The number of hydrogen-bond donors (Lipinski definition) is 1. The van der Waals surface area contributed by atoms with E-state index in [1.54, 1.807) is 7.11 Å². The molecule has 0 saturated carbocycles. The first-order valence-corrected chi connectivity index (χ1v) is 7.66. The molecule has 0 radical (unpaired) electrons. The number of nitrogens with two attached hydrogens (primary N) is 1. The fourth-order valence-corrected chi connectivity index (χ4v) is 3.16. The van der Waals surface area contributed by atoms with Gasteiger partial charge in [-0.05, 0) is 24.8 Å². The van der Waals surface area contributed by atoms with Gasteiger partial charge in [-0.25, -0.2) is 0 Å². The smallest absolute Gasteiger partial charge is 0.0754 e. The van der Waals surface area contributed by atoms with E-state index in [-0.39, 0.29) is 5.54 Å². The summed E-state index contributed by atoms with van der Waals surface area (Å²) in [6.07, 6.45) is 0.953. The summed E-state index contributed by atoms with van der Waals surface area (Å²) in [6.45, 7) is 6.48. The first kappa shape index (κ1) is 15.8. The van der Waals surface area contributed by atoms with E-state index >= 15 is 0 Å². The molecule has 0 aromatic heterocycles. The molecule has 0 saturated heterocycles. The van der Waals surface area contributed by atoms with Crippen molar-refractivity contribution in [3.05, 3.63) is 42.5 Å². The van der Waals surface area contributed by atoms with Crippen LogP contribution in [0.15, 0.2) is 42.5 Å². The number of anilines is 1. The summed E-state index contributed by atoms with van der Waals surface area (Å²) < 4.78 is 5.48. The summed E-state index contributed by atoms with van der Waals surface area (Å²) in [5.74, 6) is 0. The van der Waals surface area contributed by atoms with Gasteiger partial charge in [0.25, 0.3) is 0 Å². The minimum atomic E-state index is -0.159. The molecule has 21 heavy (non-hydrogen) atoms. The average molecular weight is 286 g/mol. The van der Waals surface area contributed by atoms with Crippen LogP contribution in [0, 0.1) is 0 Å². The number of hydrogen-bond acceptors (Lipinski definition) is 3. The number of methoxy groups -OCH3 is 1. The van der Waals surface area contributed by atoms with Gasteiger partial charge in [-0.1, -0.05) is 43.3 Å². The molecule has 2 rings (SSSR count). The van der Waals surface area contributed by atoms with E-state index in [9.17, 15) is 0 Å². The Morgan fingerprint density at radius 2 is 1.81 bits per heavy atom. The van der Waals surface area contributed by atoms with Crippen molar-refractivity contribution in [2.24, 2.45) is 5.73 Å². The van der Waals surface area contributed by atoms with Gasteiger partial charge in [-0.3, -0.25) is 0 Å². The predicted octanol–water partition coefficient (Wildman–Crippen LogP) is 3.42. The average Bonchev–Trinajstić information content (AvgIpc) is 2.54. The van der Waals surface area contributed by atoms with Crippen molar-refractivity contribution < 1.29 is 4.74 Å². The normalized spacial score (nSPS) is 14.1. The highest BCUT2D eigenvalue weighted by Crippen LogP contribution is 2.32. The standard InChI is InChI=1S/C18H26N2O/c1-4-18(13-19,14-21-3)20(5-2)17-12-8-10-15-9-6-7-11-16(15)17/h6-12H,4-5,13-14,19H2,1-3H3. The van der Waals surface area contributed by atoms with Gasteiger partial charge in [0.15, 0.2) is 0 Å². The predicted molar refractivity (Wildman–Crippen MR) is 90.9 cm³/mol. The Labute approximate surface area is 127 Å². The Morgan fingerprint density at radius 1 is 1.10 bits per heavy atom. The van der Waals surface area contributed by atoms with E-state index in [1.165, 1.54) is 16.5 Å². The third-order valence-electron chi connectivity index (χ3n) is 4.40. The molecular formula is C18H26N2O. The summed E-state index contributed by atoms with van der Waals surface area (Å²) in [5, 5.41) is 2.53. The Bertz CT molecular complexity index is 573. The molecule has 114 valence electrons. The number of fused-ring (bicyclic) bond motifs is 1. The Hall–Kier alpha value is -1.58. The van der Waals surface area contributed by atoms with Crippen LogP contribution in [0.3, 0.4) is 0 Å². The van der Waals surface area contributed by atoms with Crippen LogP contribution in [0.1, 0.15) is 20.3 Å². The number of rotatable bonds is 7. The Morgan fingerprint density at radius 3 is 2.43 bits per heavy atom. The van der Waals surface area contributed by atoms with Gasteiger partial charge in [-0.15, -0.1) is 0 Å². The zero-order chi connectivity index (χ0) is 15.3. The lowest BCUT2D eigenvalue weighted by molar-refractivity contribution is 0.128. The molecule has 1 unspecified atom stereocenters. The van der Waals surface area contributed by atoms with Crippen molar-refractivity contribution in [3.63, 3.8) is 0 Å². The molecule has 3 heteroatoms. The van der Waals surface area contributed by atoms with E-state index in [2.05, 4.69) is 61.2 Å². The van der Waals surface area contributed by atoms with E-state index in [1.807, 2.05) is 0 Å². The zero-order valence-electron chi connectivity index (χ0n) is 13.3. The highest BCUT2D eigenvalue weighted by Gasteiger charge is 2.34. The highest BCUT2D eigenvalue weighted by molar-refractivity contribution is 5.94. The van der Waals surface area contributed by atoms with Crippen LogP contribution in [0.25, 0.3) is 10.8 Å². The van der Waals surface area contributed by atoms with Gasteiger partial charge in [0.2, 0.25) is 0 Å². The fourth-order valence-electron chi connectivity index (χ4n) is 3.16. The molecule has 2 aromatic rings. The lowest BCUT2D eigenvalue weighted by Gasteiger charge is -2.44. The zero-order valence-corrected chi connectivity index (χ0v) is 13.3. The molecule has 0 fully saturated rings. The monoisotopic (exact) mass is 286 g/mol. The van der Waals surface area contributed by atoms with E-state index in [0.29, 0.717) is 13.2 Å². The summed E-state index contributed by atoms with van der Waals surface area (Å²) in [5.41, 5.74) is 7.22. The van der Waals surface area contributed by atoms with Gasteiger partial charge in [0.05, 0.1) is 12.1 Å². The number of benzene rings is 2. The second-order valence-corrected chi connectivity index (χ2v) is 5.46. The molecule has 2 N–H and O–H groups in total. The van der Waals surface area contributed by atoms with Gasteiger partial charge in [0.1, 0.15) is 0 Å². The van der Waals surface area contributed by atoms with E-state index < -0.39 is 0 Å². The fraction of sp³-hybridized carbons (Fsp3) is 0.444. The van der Waals surface area contributed by atoms with Gasteiger partial charge >= 0.3 is 0 Å². The highest BCUT2D eigenvalue weighted by atomic mass is 16.5. The number of ether oxygens (including phenoxy) is 1. The first-order valence-electron chi connectivity index (χ1n) is 7.66. The maximum atomic E-state index is 6.14. The topological polar surface area (TPSA) is 38.5 Å².